The molecule has 2 heteroatoms. The first kappa shape index (κ1) is 11.6. The van der Waals surface area contributed by atoms with Crippen molar-refractivity contribution in [2.75, 3.05) is 19.0 Å². The molecule has 12 heavy (non-hydrogen) atoms. The Balaban J connectivity index is 3.98. The lowest BCUT2D eigenvalue weighted by Crippen LogP contribution is -2.24. The van der Waals surface area contributed by atoms with Crippen molar-refractivity contribution in [3.05, 3.63) is 24.4 Å². The second-order valence-electron chi connectivity index (χ2n) is 2.67. The first-order chi connectivity index (χ1) is 5.76. The number of nitrogens with zero attached hydrogens (tertiary/aromatic N) is 1. The van der Waals surface area contributed by atoms with Gasteiger partial charge in [-0.05, 0) is 19.4 Å². The van der Waals surface area contributed by atoms with Crippen molar-refractivity contribution < 1.29 is 0 Å². The minimum Gasteiger partial charge on any atom is -0.371 e. The third-order valence-corrected chi connectivity index (χ3v) is 1.78. The van der Waals surface area contributed by atoms with Gasteiger partial charge in [0.2, 0.25) is 0 Å². The van der Waals surface area contributed by atoms with E-state index >= 15 is 0 Å². The summed E-state index contributed by atoms with van der Waals surface area (Å²) < 4.78 is 0. The van der Waals surface area contributed by atoms with E-state index in [1.807, 2.05) is 19.1 Å². The van der Waals surface area contributed by atoms with Crippen LogP contribution < -0.4 is 0 Å². The molecule has 0 aromatic heterocycles. The first-order valence-corrected chi connectivity index (χ1v) is 4.92. The molecule has 0 aromatic rings. The van der Waals surface area contributed by atoms with Crippen molar-refractivity contribution in [1.82, 2.24) is 4.90 Å². The predicted molar refractivity (Wildman–Crippen MR) is 56.5 cm³/mol. The Bertz CT molecular complexity index is 146. The molecule has 0 aliphatic rings. The summed E-state index contributed by atoms with van der Waals surface area (Å²) in [5.41, 5.74) is 1.06. The highest BCUT2D eigenvalue weighted by atomic mass is 35.5. The molecule has 0 bridgehead atoms. The Morgan fingerprint density at radius 2 is 2.17 bits per heavy atom. The van der Waals surface area contributed by atoms with Gasteiger partial charge in [0.25, 0.3) is 0 Å². The van der Waals surface area contributed by atoms with Crippen molar-refractivity contribution in [3.63, 3.8) is 0 Å². The largest absolute Gasteiger partial charge is 0.371 e. The van der Waals surface area contributed by atoms with Crippen LogP contribution in [0, 0.1) is 0 Å². The quantitative estimate of drug-likeness (QED) is 0.457. The minimum atomic E-state index is 0.663. The van der Waals surface area contributed by atoms with Gasteiger partial charge in [-0.15, -0.1) is 11.6 Å². The van der Waals surface area contributed by atoms with Crippen molar-refractivity contribution in [1.29, 1.82) is 0 Å². The van der Waals surface area contributed by atoms with Crippen LogP contribution in [0.3, 0.4) is 0 Å². The van der Waals surface area contributed by atoms with E-state index in [1.165, 1.54) is 0 Å². The zero-order chi connectivity index (χ0) is 9.40. The fraction of sp³-hybridized carbons (Fsp3) is 0.600. The number of allylic oxidation sites excluding steroid dienone is 2. The normalized spacial score (nSPS) is 10.6. The van der Waals surface area contributed by atoms with Crippen LogP contribution in [0.25, 0.3) is 0 Å². The van der Waals surface area contributed by atoms with Crippen molar-refractivity contribution in [2.24, 2.45) is 0 Å². The molecule has 0 saturated heterocycles. The smallest absolute Gasteiger partial charge is 0.0399 e. The molecule has 70 valence electrons. The maximum atomic E-state index is 5.67. The van der Waals surface area contributed by atoms with Gasteiger partial charge < -0.3 is 4.90 Å². The number of hydrogen-bond acceptors (Lipinski definition) is 1. The van der Waals surface area contributed by atoms with Crippen LogP contribution in [0.1, 0.15) is 20.3 Å². The third kappa shape index (κ3) is 4.45. The molecule has 0 atom stereocenters. The molecule has 0 aromatic carbocycles. The minimum absolute atomic E-state index is 0.663. The highest BCUT2D eigenvalue weighted by molar-refractivity contribution is 6.18. The lowest BCUT2D eigenvalue weighted by atomic mass is 10.3. The van der Waals surface area contributed by atoms with E-state index in [0.29, 0.717) is 5.88 Å². The van der Waals surface area contributed by atoms with Gasteiger partial charge in [0.05, 0.1) is 0 Å². The molecule has 0 saturated carbocycles. The van der Waals surface area contributed by atoms with E-state index < -0.39 is 0 Å². The van der Waals surface area contributed by atoms with Crippen molar-refractivity contribution in [2.45, 2.75) is 20.3 Å². The van der Waals surface area contributed by atoms with Gasteiger partial charge in [0.15, 0.2) is 0 Å². The fourth-order valence-corrected chi connectivity index (χ4v) is 1.27. The van der Waals surface area contributed by atoms with Gasteiger partial charge >= 0.3 is 0 Å². The average molecular weight is 188 g/mol. The van der Waals surface area contributed by atoms with Gasteiger partial charge in [-0.1, -0.05) is 19.6 Å². The molecular weight excluding hydrogens is 170 g/mol. The van der Waals surface area contributed by atoms with Gasteiger partial charge in [0, 0.05) is 24.7 Å². The number of halogens is 1. The van der Waals surface area contributed by atoms with Gasteiger partial charge in [-0.3, -0.25) is 0 Å². The van der Waals surface area contributed by atoms with E-state index in [1.54, 1.807) is 0 Å². The predicted octanol–water partition coefficient (Wildman–Crippen LogP) is 3.03. The number of hydrogen-bond donors (Lipinski definition) is 0. The Hall–Kier alpha value is -0.430. The maximum absolute atomic E-state index is 5.67. The van der Waals surface area contributed by atoms with E-state index in [-0.39, 0.29) is 0 Å². The Labute approximate surface area is 80.7 Å². The second kappa shape index (κ2) is 7.23. The lowest BCUT2D eigenvalue weighted by molar-refractivity contribution is 0.377. The first-order valence-electron chi connectivity index (χ1n) is 4.38. The van der Waals surface area contributed by atoms with Crippen LogP contribution >= 0.6 is 11.6 Å². The van der Waals surface area contributed by atoms with Crippen molar-refractivity contribution in [3.8, 4) is 0 Å². The van der Waals surface area contributed by atoms with E-state index in [0.717, 1.165) is 25.2 Å². The van der Waals surface area contributed by atoms with E-state index in [2.05, 4.69) is 18.4 Å². The van der Waals surface area contributed by atoms with Gasteiger partial charge in [0.1, 0.15) is 0 Å². The lowest BCUT2D eigenvalue weighted by Gasteiger charge is -2.23. The standard InChI is InChI=1S/C10H18ClN/c1-4-6-10(3)12(8-5-2)9-7-11/h4,6H,3,5,7-9H2,1-2H3/b6-4-. The Morgan fingerprint density at radius 3 is 2.58 bits per heavy atom. The summed E-state index contributed by atoms with van der Waals surface area (Å²) in [7, 11) is 0. The third-order valence-electron chi connectivity index (χ3n) is 1.61. The molecule has 0 aliphatic carbocycles. The highest BCUT2D eigenvalue weighted by Crippen LogP contribution is 2.04. The van der Waals surface area contributed by atoms with Crippen molar-refractivity contribution >= 4 is 11.6 Å². The van der Waals surface area contributed by atoms with E-state index in [9.17, 15) is 0 Å². The Kier molecular flexibility index (Phi) is 6.97. The molecule has 0 N–H and O–H groups in total. The van der Waals surface area contributed by atoms with Crippen LogP contribution in [-0.4, -0.2) is 23.9 Å². The SMILES string of the molecule is C=C(/C=C\C)N(CCC)CCCl. The summed E-state index contributed by atoms with van der Waals surface area (Å²) in [6.45, 7) is 10.0. The zero-order valence-corrected chi connectivity index (χ0v) is 8.77. The summed E-state index contributed by atoms with van der Waals surface area (Å²) in [5, 5.41) is 0. The molecule has 0 rings (SSSR count). The van der Waals surface area contributed by atoms with Gasteiger partial charge in [-0.25, -0.2) is 0 Å². The number of rotatable bonds is 6. The molecule has 0 aliphatic heterocycles. The van der Waals surface area contributed by atoms with Crippen LogP contribution in [0.5, 0.6) is 0 Å². The van der Waals surface area contributed by atoms with Crippen LogP contribution in [0.4, 0.5) is 0 Å². The summed E-state index contributed by atoms with van der Waals surface area (Å²) >= 11 is 5.67. The molecular formula is C10H18ClN. The van der Waals surface area contributed by atoms with Gasteiger partial charge in [-0.2, -0.15) is 0 Å². The Morgan fingerprint density at radius 1 is 1.50 bits per heavy atom. The second-order valence-corrected chi connectivity index (χ2v) is 3.05. The molecule has 0 amide bonds. The van der Waals surface area contributed by atoms with E-state index in [4.69, 9.17) is 11.6 Å². The number of alkyl halides is 1. The molecule has 0 unspecified atom stereocenters. The highest BCUT2D eigenvalue weighted by Gasteiger charge is 2.01. The monoisotopic (exact) mass is 187 g/mol. The molecule has 0 fully saturated rings. The van der Waals surface area contributed by atoms with Crippen LogP contribution in [0.2, 0.25) is 0 Å². The zero-order valence-electron chi connectivity index (χ0n) is 8.02. The van der Waals surface area contributed by atoms with Crippen LogP contribution in [-0.2, 0) is 0 Å². The maximum Gasteiger partial charge on any atom is 0.0399 e. The fourth-order valence-electron chi connectivity index (χ4n) is 1.07. The summed E-state index contributed by atoms with van der Waals surface area (Å²) in [6, 6.07) is 0. The molecule has 0 spiro atoms. The average Bonchev–Trinajstić information content (AvgIpc) is 2.04. The molecule has 1 nitrogen and oxygen atoms in total. The summed E-state index contributed by atoms with van der Waals surface area (Å²) in [4.78, 5) is 2.20. The topological polar surface area (TPSA) is 3.24 Å². The summed E-state index contributed by atoms with van der Waals surface area (Å²) in [5.74, 6) is 0.663. The molecule has 0 radical (unpaired) electrons. The molecule has 0 heterocycles. The summed E-state index contributed by atoms with van der Waals surface area (Å²) in [6.07, 6.45) is 5.15. The van der Waals surface area contributed by atoms with Crippen LogP contribution in [0.15, 0.2) is 24.4 Å².